The molecule has 1 fully saturated rings. The van der Waals surface area contributed by atoms with Crippen molar-refractivity contribution >= 4 is 0 Å². The molecule has 1 atom stereocenters. The van der Waals surface area contributed by atoms with Gasteiger partial charge >= 0.3 is 0 Å². The van der Waals surface area contributed by atoms with E-state index in [4.69, 9.17) is 4.74 Å². The summed E-state index contributed by atoms with van der Waals surface area (Å²) in [6.45, 7) is 12.3. The fourth-order valence-electron chi connectivity index (χ4n) is 2.11. The number of aliphatic hydroxyl groups excluding tert-OH is 1. The summed E-state index contributed by atoms with van der Waals surface area (Å²) < 4.78 is 5.31. The highest BCUT2D eigenvalue weighted by Gasteiger charge is 2.29. The second-order valence-electron chi connectivity index (χ2n) is 5.47. The zero-order valence-corrected chi connectivity index (χ0v) is 11.8. The van der Waals surface area contributed by atoms with E-state index in [0.717, 1.165) is 26.2 Å². The van der Waals surface area contributed by atoms with Crippen LogP contribution in [0.4, 0.5) is 0 Å². The third kappa shape index (κ3) is 4.54. The van der Waals surface area contributed by atoms with E-state index in [2.05, 4.69) is 16.7 Å². The molecule has 0 radical (unpaired) electrons. The van der Waals surface area contributed by atoms with E-state index < -0.39 is 11.7 Å². The number of β-amino-alcohol motifs (C(OH)–C–C–N with tert-alkyl or cyclic N) is 1. The third-order valence-electron chi connectivity index (χ3n) is 3.76. The van der Waals surface area contributed by atoms with Gasteiger partial charge in [-0.25, -0.2) is 0 Å². The lowest BCUT2D eigenvalue weighted by Crippen LogP contribution is -2.52. The molecule has 0 aromatic carbocycles. The Kier molecular flexibility index (Phi) is 5.86. The summed E-state index contributed by atoms with van der Waals surface area (Å²) in [7, 11) is 1.66. The van der Waals surface area contributed by atoms with Crippen molar-refractivity contribution in [3.05, 3.63) is 0 Å². The number of piperazine rings is 1. The van der Waals surface area contributed by atoms with Crippen LogP contribution in [0.3, 0.4) is 0 Å². The molecular weight excluding hydrogens is 216 g/mol. The monoisotopic (exact) mass is 244 g/mol. The molecule has 0 spiro atoms. The van der Waals surface area contributed by atoms with Crippen LogP contribution >= 0.6 is 0 Å². The molecule has 1 rings (SSSR count). The van der Waals surface area contributed by atoms with Gasteiger partial charge in [0.25, 0.3) is 0 Å². The highest BCUT2D eigenvalue weighted by molar-refractivity contribution is 4.83. The summed E-state index contributed by atoms with van der Waals surface area (Å²) in [6.07, 6.45) is 0.796. The molecule has 4 nitrogen and oxygen atoms in total. The third-order valence-corrected chi connectivity index (χ3v) is 3.76. The predicted octanol–water partition coefficient (Wildman–Crippen LogP) is 0.800. The summed E-state index contributed by atoms with van der Waals surface area (Å²) in [5.74, 6) is 0. The molecule has 17 heavy (non-hydrogen) atoms. The van der Waals surface area contributed by atoms with Crippen LogP contribution < -0.4 is 0 Å². The quantitative estimate of drug-likeness (QED) is 0.750. The van der Waals surface area contributed by atoms with Crippen LogP contribution in [0.15, 0.2) is 0 Å². The molecule has 102 valence electrons. The second-order valence-corrected chi connectivity index (χ2v) is 5.47. The minimum Gasteiger partial charge on any atom is -0.389 e. The van der Waals surface area contributed by atoms with Gasteiger partial charge in [0.15, 0.2) is 0 Å². The van der Waals surface area contributed by atoms with E-state index in [1.165, 1.54) is 13.0 Å². The maximum atomic E-state index is 10.1. The van der Waals surface area contributed by atoms with Crippen molar-refractivity contribution in [2.45, 2.75) is 38.9 Å². The molecule has 0 saturated carbocycles. The molecule has 1 N–H and O–H groups in total. The Bertz CT molecular complexity index is 213. The average Bonchev–Trinajstić information content (AvgIpc) is 2.32. The van der Waals surface area contributed by atoms with Crippen LogP contribution in [0.2, 0.25) is 0 Å². The van der Waals surface area contributed by atoms with Crippen LogP contribution in [0.25, 0.3) is 0 Å². The van der Waals surface area contributed by atoms with Crippen molar-refractivity contribution in [1.82, 2.24) is 9.80 Å². The molecule has 0 aliphatic carbocycles. The fourth-order valence-corrected chi connectivity index (χ4v) is 2.11. The smallest absolute Gasteiger partial charge is 0.0950 e. The number of aliphatic hydroxyl groups is 1. The minimum atomic E-state index is -0.458. The lowest BCUT2D eigenvalue weighted by atomic mass is 10.0. The first-order chi connectivity index (χ1) is 7.99. The van der Waals surface area contributed by atoms with Gasteiger partial charge in [0.1, 0.15) is 0 Å². The maximum Gasteiger partial charge on any atom is 0.0950 e. The molecule has 1 unspecified atom stereocenters. The first-order valence-corrected chi connectivity index (χ1v) is 6.67. The number of hydrogen-bond acceptors (Lipinski definition) is 4. The van der Waals surface area contributed by atoms with Crippen LogP contribution in [0.1, 0.15) is 27.2 Å². The zero-order chi connectivity index (χ0) is 12.9. The van der Waals surface area contributed by atoms with Crippen LogP contribution in [0.5, 0.6) is 0 Å². The Labute approximate surface area is 106 Å². The number of nitrogens with zero attached hydrogens (tertiary/aromatic N) is 2. The summed E-state index contributed by atoms with van der Waals surface area (Å²) in [6, 6.07) is 0. The van der Waals surface area contributed by atoms with Gasteiger partial charge in [-0.3, -0.25) is 4.90 Å². The van der Waals surface area contributed by atoms with E-state index in [9.17, 15) is 5.11 Å². The highest BCUT2D eigenvalue weighted by atomic mass is 16.5. The van der Waals surface area contributed by atoms with Crippen molar-refractivity contribution in [2.75, 3.05) is 46.4 Å². The first-order valence-electron chi connectivity index (χ1n) is 6.67. The van der Waals surface area contributed by atoms with Crippen LogP contribution in [-0.4, -0.2) is 73.0 Å². The molecule has 4 heteroatoms. The van der Waals surface area contributed by atoms with E-state index in [1.54, 1.807) is 7.11 Å². The Morgan fingerprint density at radius 1 is 1.18 bits per heavy atom. The van der Waals surface area contributed by atoms with Crippen LogP contribution in [0, 0.1) is 0 Å². The minimum absolute atomic E-state index is 0.426. The Balaban J connectivity index is 2.30. The van der Waals surface area contributed by atoms with Crippen molar-refractivity contribution in [3.8, 4) is 0 Å². The number of rotatable bonds is 6. The van der Waals surface area contributed by atoms with Gasteiger partial charge in [0.2, 0.25) is 0 Å². The van der Waals surface area contributed by atoms with Gasteiger partial charge in [-0.15, -0.1) is 0 Å². The van der Waals surface area contributed by atoms with E-state index in [1.807, 2.05) is 13.8 Å². The Hall–Kier alpha value is -0.160. The standard InChI is InChI=1S/C13H28N2O2/c1-5-6-14-7-9-15(10-8-14)11-12(16)13(2,3)17-4/h12,16H,5-11H2,1-4H3. The second kappa shape index (κ2) is 6.69. The number of ether oxygens (including phenoxy) is 1. The summed E-state index contributed by atoms with van der Waals surface area (Å²) in [5, 5.41) is 10.1. The van der Waals surface area contributed by atoms with Gasteiger partial charge in [0.05, 0.1) is 11.7 Å². The molecule has 0 aromatic rings. The molecule has 0 amide bonds. The molecule has 1 aliphatic rings. The van der Waals surface area contributed by atoms with Crippen molar-refractivity contribution in [1.29, 1.82) is 0 Å². The average molecular weight is 244 g/mol. The molecule has 1 aliphatic heterocycles. The highest BCUT2D eigenvalue weighted by Crippen LogP contribution is 2.15. The van der Waals surface area contributed by atoms with Gasteiger partial charge in [-0.1, -0.05) is 6.92 Å². The van der Waals surface area contributed by atoms with Crippen molar-refractivity contribution in [3.63, 3.8) is 0 Å². The van der Waals surface area contributed by atoms with Crippen molar-refractivity contribution < 1.29 is 9.84 Å². The fraction of sp³-hybridized carbons (Fsp3) is 1.00. The largest absolute Gasteiger partial charge is 0.389 e. The lowest BCUT2D eigenvalue weighted by molar-refractivity contribution is -0.0904. The molecule has 1 saturated heterocycles. The topological polar surface area (TPSA) is 35.9 Å². The Morgan fingerprint density at radius 3 is 2.18 bits per heavy atom. The summed E-state index contributed by atoms with van der Waals surface area (Å²) in [4.78, 5) is 4.82. The van der Waals surface area contributed by atoms with E-state index >= 15 is 0 Å². The van der Waals surface area contributed by atoms with Gasteiger partial charge in [0, 0.05) is 39.8 Å². The SMILES string of the molecule is CCCN1CCN(CC(O)C(C)(C)OC)CC1. The summed E-state index contributed by atoms with van der Waals surface area (Å²) >= 11 is 0. The molecular formula is C13H28N2O2. The molecule has 1 heterocycles. The first kappa shape index (κ1) is 14.9. The zero-order valence-electron chi connectivity index (χ0n) is 11.8. The predicted molar refractivity (Wildman–Crippen MR) is 70.3 cm³/mol. The Morgan fingerprint density at radius 2 is 1.71 bits per heavy atom. The van der Waals surface area contributed by atoms with E-state index in [-0.39, 0.29) is 0 Å². The van der Waals surface area contributed by atoms with Gasteiger partial charge in [-0.05, 0) is 26.8 Å². The lowest BCUT2D eigenvalue weighted by Gasteiger charge is -2.38. The normalized spacial score (nSPS) is 21.7. The van der Waals surface area contributed by atoms with Crippen LogP contribution in [-0.2, 0) is 4.74 Å². The van der Waals surface area contributed by atoms with Gasteiger partial charge in [-0.2, -0.15) is 0 Å². The van der Waals surface area contributed by atoms with E-state index in [0.29, 0.717) is 6.54 Å². The molecule has 0 bridgehead atoms. The maximum absolute atomic E-state index is 10.1. The number of methoxy groups -OCH3 is 1. The van der Waals surface area contributed by atoms with Crippen molar-refractivity contribution in [2.24, 2.45) is 0 Å². The number of hydrogen-bond donors (Lipinski definition) is 1. The molecule has 0 aromatic heterocycles. The summed E-state index contributed by atoms with van der Waals surface area (Å²) in [5.41, 5.74) is -0.458. The van der Waals surface area contributed by atoms with Gasteiger partial charge < -0.3 is 14.7 Å².